The molecule has 11 heteroatoms. The lowest BCUT2D eigenvalue weighted by molar-refractivity contribution is 0.0366. The molecule has 1 atom stereocenters. The van der Waals surface area contributed by atoms with Crippen LogP contribution in [0.5, 0.6) is 0 Å². The van der Waals surface area contributed by atoms with E-state index in [0.29, 0.717) is 71.3 Å². The Labute approximate surface area is 218 Å². The number of fused-ring (bicyclic) bond motifs is 1. The third-order valence-electron chi connectivity index (χ3n) is 7.28. The zero-order chi connectivity index (χ0) is 26.0. The topological polar surface area (TPSA) is 96.9 Å². The average molecular weight is 528 g/mol. The normalized spacial score (nSPS) is 20.4. The third-order valence-corrected chi connectivity index (χ3v) is 9.46. The second-order valence-corrected chi connectivity index (χ2v) is 11.3. The molecular weight excluding hydrogens is 494 g/mol. The summed E-state index contributed by atoms with van der Waals surface area (Å²) < 4.78 is 33.7. The number of ether oxygens (including phenoxy) is 1. The maximum absolute atomic E-state index is 13.4. The van der Waals surface area contributed by atoms with Gasteiger partial charge in [-0.25, -0.2) is 13.2 Å². The summed E-state index contributed by atoms with van der Waals surface area (Å²) in [5.74, 6) is 0. The standard InChI is InChI=1S/C26H33N5O5S/c1-2-25(28-17-19-36-20-18-28)37(34,35)29-13-11-27(12-14-29)21-7-9-22(10-8-21)30-15-16-31(26(32)33)24-6-4-3-5-23(24)30/h2-10,25H,1,11-20H2,(H,32,33). The summed E-state index contributed by atoms with van der Waals surface area (Å²) in [6, 6.07) is 15.7. The number of hydrogen-bond acceptors (Lipinski definition) is 7. The molecule has 1 N–H and O–H groups in total. The third kappa shape index (κ3) is 5.04. The van der Waals surface area contributed by atoms with Gasteiger partial charge in [0.1, 0.15) is 5.37 Å². The number of benzene rings is 2. The van der Waals surface area contributed by atoms with Crippen molar-refractivity contribution in [3.8, 4) is 0 Å². The molecule has 0 aromatic heterocycles. The van der Waals surface area contributed by atoms with E-state index in [1.165, 1.54) is 11.0 Å². The molecule has 198 valence electrons. The van der Waals surface area contributed by atoms with Gasteiger partial charge < -0.3 is 19.6 Å². The molecule has 1 unspecified atom stereocenters. The van der Waals surface area contributed by atoms with E-state index in [9.17, 15) is 18.3 Å². The van der Waals surface area contributed by atoms with Crippen molar-refractivity contribution in [1.29, 1.82) is 0 Å². The largest absolute Gasteiger partial charge is 0.465 e. The van der Waals surface area contributed by atoms with Crippen molar-refractivity contribution in [2.24, 2.45) is 0 Å². The van der Waals surface area contributed by atoms with Crippen molar-refractivity contribution in [3.63, 3.8) is 0 Å². The first kappa shape index (κ1) is 25.5. The summed E-state index contributed by atoms with van der Waals surface area (Å²) in [7, 11) is -3.53. The highest BCUT2D eigenvalue weighted by molar-refractivity contribution is 7.89. The summed E-state index contributed by atoms with van der Waals surface area (Å²) >= 11 is 0. The van der Waals surface area contributed by atoms with Crippen LogP contribution in [0.15, 0.2) is 61.2 Å². The highest BCUT2D eigenvalue weighted by Crippen LogP contribution is 2.38. The van der Waals surface area contributed by atoms with Gasteiger partial charge in [-0.3, -0.25) is 9.80 Å². The zero-order valence-electron chi connectivity index (χ0n) is 20.8. The molecule has 2 fully saturated rings. The minimum atomic E-state index is -3.53. The maximum Gasteiger partial charge on any atom is 0.411 e. The summed E-state index contributed by atoms with van der Waals surface area (Å²) in [5, 5.41) is 8.82. The Morgan fingerprint density at radius 3 is 2.11 bits per heavy atom. The van der Waals surface area contributed by atoms with Crippen molar-refractivity contribution in [2.75, 3.05) is 80.3 Å². The van der Waals surface area contributed by atoms with Gasteiger partial charge in [0.25, 0.3) is 0 Å². The minimum Gasteiger partial charge on any atom is -0.465 e. The molecule has 2 aromatic rings. The molecule has 10 nitrogen and oxygen atoms in total. The molecule has 0 aliphatic carbocycles. The highest BCUT2D eigenvalue weighted by atomic mass is 32.2. The van der Waals surface area contributed by atoms with Gasteiger partial charge in [0.2, 0.25) is 10.0 Å². The number of rotatable bonds is 6. The van der Waals surface area contributed by atoms with Crippen molar-refractivity contribution >= 4 is 38.9 Å². The van der Waals surface area contributed by atoms with Crippen LogP contribution in [-0.4, -0.2) is 99.8 Å². The van der Waals surface area contributed by atoms with Gasteiger partial charge in [-0.15, -0.1) is 6.58 Å². The zero-order valence-corrected chi connectivity index (χ0v) is 21.6. The Morgan fingerprint density at radius 2 is 1.49 bits per heavy atom. The maximum atomic E-state index is 13.4. The van der Waals surface area contributed by atoms with Crippen LogP contribution in [0.2, 0.25) is 0 Å². The number of carbonyl (C=O) groups is 1. The Hall–Kier alpha value is -3.12. The first-order valence-electron chi connectivity index (χ1n) is 12.6. The Bertz CT molecular complexity index is 1220. The van der Waals surface area contributed by atoms with Crippen molar-refractivity contribution in [3.05, 3.63) is 61.2 Å². The highest BCUT2D eigenvalue weighted by Gasteiger charge is 2.36. The molecule has 2 aromatic carbocycles. The smallest absolute Gasteiger partial charge is 0.411 e. The van der Waals surface area contributed by atoms with Crippen LogP contribution < -0.4 is 14.7 Å². The van der Waals surface area contributed by atoms with E-state index in [2.05, 4.69) is 16.4 Å². The predicted octanol–water partition coefficient (Wildman–Crippen LogP) is 2.62. The van der Waals surface area contributed by atoms with E-state index in [-0.39, 0.29) is 0 Å². The number of sulfonamides is 1. The Balaban J connectivity index is 1.25. The van der Waals surface area contributed by atoms with E-state index in [1.54, 1.807) is 4.31 Å². The van der Waals surface area contributed by atoms with Crippen LogP contribution in [0.25, 0.3) is 0 Å². The summed E-state index contributed by atoms with van der Waals surface area (Å²) in [6.45, 7) is 9.02. The summed E-state index contributed by atoms with van der Waals surface area (Å²) in [5.41, 5.74) is 3.56. The van der Waals surface area contributed by atoms with Crippen LogP contribution in [0.3, 0.4) is 0 Å². The lowest BCUT2D eigenvalue weighted by Gasteiger charge is -2.40. The molecule has 0 bridgehead atoms. The molecule has 37 heavy (non-hydrogen) atoms. The van der Waals surface area contributed by atoms with E-state index in [1.807, 2.05) is 53.4 Å². The second-order valence-electron chi connectivity index (χ2n) is 9.30. The fourth-order valence-electron chi connectivity index (χ4n) is 5.32. The van der Waals surface area contributed by atoms with E-state index in [0.717, 1.165) is 17.1 Å². The number of para-hydroxylation sites is 2. The quantitative estimate of drug-likeness (QED) is 0.573. The lowest BCUT2D eigenvalue weighted by Crippen LogP contribution is -2.55. The molecule has 3 aliphatic rings. The van der Waals surface area contributed by atoms with E-state index >= 15 is 0 Å². The van der Waals surface area contributed by atoms with Crippen LogP contribution in [0.4, 0.5) is 27.5 Å². The average Bonchev–Trinajstić information content (AvgIpc) is 2.93. The minimum absolute atomic E-state index is 0.390. The van der Waals surface area contributed by atoms with Gasteiger partial charge in [-0.05, 0) is 36.4 Å². The van der Waals surface area contributed by atoms with Crippen LogP contribution >= 0.6 is 0 Å². The first-order valence-corrected chi connectivity index (χ1v) is 14.1. The summed E-state index contributed by atoms with van der Waals surface area (Å²) in [4.78, 5) is 19.3. The molecule has 0 spiro atoms. The fourth-order valence-corrected chi connectivity index (χ4v) is 7.12. The SMILES string of the molecule is C=CC(N1CCOCC1)S(=O)(=O)N1CCN(c2ccc(N3CCN(C(=O)O)c4ccccc43)cc2)CC1. The van der Waals surface area contributed by atoms with Crippen LogP contribution in [0.1, 0.15) is 0 Å². The van der Waals surface area contributed by atoms with Crippen LogP contribution in [-0.2, 0) is 14.8 Å². The number of carboxylic acid groups (broad SMARTS) is 1. The number of hydrogen-bond donors (Lipinski definition) is 1. The molecule has 3 aliphatic heterocycles. The van der Waals surface area contributed by atoms with Crippen LogP contribution in [0, 0.1) is 0 Å². The monoisotopic (exact) mass is 527 g/mol. The lowest BCUT2D eigenvalue weighted by atomic mass is 10.1. The Morgan fingerprint density at radius 1 is 0.865 bits per heavy atom. The molecule has 0 saturated carbocycles. The van der Waals surface area contributed by atoms with Gasteiger partial charge in [-0.1, -0.05) is 18.2 Å². The van der Waals surface area contributed by atoms with Gasteiger partial charge in [0, 0.05) is 63.7 Å². The second kappa shape index (κ2) is 10.7. The van der Waals surface area contributed by atoms with Crippen molar-refractivity contribution in [2.45, 2.75) is 5.37 Å². The van der Waals surface area contributed by atoms with Gasteiger partial charge in [-0.2, -0.15) is 4.31 Å². The van der Waals surface area contributed by atoms with Gasteiger partial charge in [0.05, 0.1) is 24.6 Å². The van der Waals surface area contributed by atoms with Gasteiger partial charge in [0.15, 0.2) is 0 Å². The number of anilines is 4. The molecule has 0 radical (unpaired) electrons. The first-order chi connectivity index (χ1) is 17.9. The van der Waals surface area contributed by atoms with E-state index < -0.39 is 21.5 Å². The molecule has 1 amide bonds. The molecule has 5 rings (SSSR count). The predicted molar refractivity (Wildman–Crippen MR) is 144 cm³/mol. The summed E-state index contributed by atoms with van der Waals surface area (Å²) in [6.07, 6.45) is 0.577. The van der Waals surface area contributed by atoms with E-state index in [4.69, 9.17) is 4.74 Å². The number of amides is 1. The number of nitrogens with zero attached hydrogens (tertiary/aromatic N) is 5. The van der Waals surface area contributed by atoms with Crippen molar-refractivity contribution in [1.82, 2.24) is 9.21 Å². The molecular formula is C26H33N5O5S. The Kier molecular flexibility index (Phi) is 7.38. The fraction of sp³-hybridized carbons (Fsp3) is 0.423. The van der Waals surface area contributed by atoms with Gasteiger partial charge >= 0.3 is 6.09 Å². The van der Waals surface area contributed by atoms with Crippen molar-refractivity contribution < 1.29 is 23.1 Å². The molecule has 3 heterocycles. The number of piperazine rings is 1. The number of morpholine rings is 1. The molecule has 2 saturated heterocycles.